The number of pyridine rings is 1. The van der Waals surface area contributed by atoms with Crippen LogP contribution in [0.15, 0.2) is 30.5 Å². The molecule has 0 fully saturated rings. The fraction of sp³-hybridized carbons (Fsp3) is 0.235. The number of benzene rings is 1. The normalized spacial score (nSPS) is 16.0. The fourth-order valence-corrected chi connectivity index (χ4v) is 3.16. The van der Waals surface area contributed by atoms with Gasteiger partial charge in [0.2, 0.25) is 0 Å². The number of ether oxygens (including phenoxy) is 1. The Balaban J connectivity index is 1.54. The number of rotatable bonds is 2. The summed E-state index contributed by atoms with van der Waals surface area (Å²) in [5.74, 6) is 0.501. The second kappa shape index (κ2) is 5.49. The van der Waals surface area contributed by atoms with E-state index in [1.165, 1.54) is 0 Å². The van der Waals surface area contributed by atoms with E-state index >= 15 is 0 Å². The van der Waals surface area contributed by atoms with Crippen molar-refractivity contribution in [2.24, 2.45) is 7.05 Å². The molecule has 1 aliphatic heterocycles. The molecule has 4 rings (SSSR count). The third-order valence-corrected chi connectivity index (χ3v) is 4.36. The molecule has 1 aliphatic rings. The van der Waals surface area contributed by atoms with E-state index in [0.29, 0.717) is 22.9 Å². The Kier molecular flexibility index (Phi) is 3.42. The van der Waals surface area contributed by atoms with Gasteiger partial charge in [-0.3, -0.25) is 9.48 Å². The molecule has 24 heavy (non-hydrogen) atoms. The third kappa shape index (κ3) is 2.49. The van der Waals surface area contributed by atoms with Crippen molar-refractivity contribution in [2.45, 2.75) is 19.4 Å². The highest BCUT2D eigenvalue weighted by atomic mass is 35.5. The van der Waals surface area contributed by atoms with E-state index in [-0.39, 0.29) is 5.91 Å². The zero-order valence-corrected chi connectivity index (χ0v) is 14.0. The Bertz CT molecular complexity index is 967. The standard InChI is InChI=1S/C17H15ClN4O2/c1-9-13-7-12(8-19-16(13)22(2)21-9)20-17(23)15-6-10-5-11(18)3-4-14(10)24-15/h3-5,7-8,15H,6H2,1-2H3,(H,20,23). The molecule has 0 radical (unpaired) electrons. The van der Waals surface area contributed by atoms with Gasteiger partial charge < -0.3 is 10.1 Å². The largest absolute Gasteiger partial charge is 0.480 e. The number of nitrogens with zero attached hydrogens (tertiary/aromatic N) is 3. The summed E-state index contributed by atoms with van der Waals surface area (Å²) >= 11 is 5.98. The van der Waals surface area contributed by atoms with E-state index in [2.05, 4.69) is 15.4 Å². The number of aromatic nitrogens is 3. The molecule has 6 nitrogen and oxygen atoms in total. The van der Waals surface area contributed by atoms with Gasteiger partial charge in [-0.25, -0.2) is 4.98 Å². The summed E-state index contributed by atoms with van der Waals surface area (Å²) in [6, 6.07) is 7.25. The van der Waals surface area contributed by atoms with Crippen molar-refractivity contribution in [3.8, 4) is 5.75 Å². The van der Waals surface area contributed by atoms with Crippen molar-refractivity contribution in [1.82, 2.24) is 14.8 Å². The molecule has 3 heterocycles. The maximum atomic E-state index is 12.5. The van der Waals surface area contributed by atoms with E-state index in [9.17, 15) is 4.79 Å². The van der Waals surface area contributed by atoms with Crippen LogP contribution in [0.3, 0.4) is 0 Å². The molecule has 0 saturated heterocycles. The molecule has 122 valence electrons. The summed E-state index contributed by atoms with van der Waals surface area (Å²) in [5, 5.41) is 8.75. The van der Waals surface area contributed by atoms with Crippen LogP contribution >= 0.6 is 11.6 Å². The van der Waals surface area contributed by atoms with Gasteiger partial charge in [0.15, 0.2) is 11.8 Å². The van der Waals surface area contributed by atoms with Gasteiger partial charge >= 0.3 is 0 Å². The van der Waals surface area contributed by atoms with Gasteiger partial charge in [0.1, 0.15) is 5.75 Å². The molecule has 2 aromatic heterocycles. The summed E-state index contributed by atoms with van der Waals surface area (Å²) in [7, 11) is 1.84. The number of hydrogen-bond donors (Lipinski definition) is 1. The summed E-state index contributed by atoms with van der Waals surface area (Å²) in [6.07, 6.45) is 1.56. The molecule has 1 amide bonds. The predicted octanol–water partition coefficient (Wildman–Crippen LogP) is 2.87. The van der Waals surface area contributed by atoms with Gasteiger partial charge in [-0.1, -0.05) is 11.6 Å². The molecule has 1 N–H and O–H groups in total. The van der Waals surface area contributed by atoms with E-state index in [1.807, 2.05) is 26.1 Å². The Morgan fingerprint density at radius 3 is 3.08 bits per heavy atom. The first-order valence-electron chi connectivity index (χ1n) is 7.56. The lowest BCUT2D eigenvalue weighted by atomic mass is 10.1. The highest BCUT2D eigenvalue weighted by Gasteiger charge is 2.29. The number of hydrogen-bond acceptors (Lipinski definition) is 4. The van der Waals surface area contributed by atoms with Crippen LogP contribution in [-0.4, -0.2) is 26.8 Å². The number of nitrogens with one attached hydrogen (secondary N) is 1. The first-order valence-corrected chi connectivity index (χ1v) is 7.94. The minimum atomic E-state index is -0.566. The van der Waals surface area contributed by atoms with Crippen LogP contribution in [-0.2, 0) is 18.3 Å². The van der Waals surface area contributed by atoms with Crippen molar-refractivity contribution in [3.05, 3.63) is 46.7 Å². The maximum Gasteiger partial charge on any atom is 0.265 e. The van der Waals surface area contributed by atoms with Crippen LogP contribution in [0.5, 0.6) is 5.75 Å². The SMILES string of the molecule is Cc1nn(C)c2ncc(NC(=O)C3Cc4cc(Cl)ccc4O3)cc12. The van der Waals surface area contributed by atoms with Crippen molar-refractivity contribution in [2.75, 3.05) is 5.32 Å². The quantitative estimate of drug-likeness (QED) is 0.777. The van der Waals surface area contributed by atoms with E-state index in [4.69, 9.17) is 16.3 Å². The van der Waals surface area contributed by atoms with Gasteiger partial charge in [0.05, 0.1) is 17.6 Å². The first kappa shape index (κ1) is 15.0. The van der Waals surface area contributed by atoms with Crippen LogP contribution in [0.1, 0.15) is 11.3 Å². The average Bonchev–Trinajstić information content (AvgIpc) is 3.08. The molecule has 0 saturated carbocycles. The predicted molar refractivity (Wildman–Crippen MR) is 91.4 cm³/mol. The van der Waals surface area contributed by atoms with Gasteiger partial charge in [0, 0.05) is 23.9 Å². The second-order valence-corrected chi connectivity index (χ2v) is 6.29. The Morgan fingerprint density at radius 2 is 2.25 bits per heavy atom. The van der Waals surface area contributed by atoms with Gasteiger partial charge in [0.25, 0.3) is 5.91 Å². The summed E-state index contributed by atoms with van der Waals surface area (Å²) in [4.78, 5) is 16.8. The number of carbonyl (C=O) groups excluding carboxylic acids is 1. The monoisotopic (exact) mass is 342 g/mol. The number of amides is 1. The van der Waals surface area contributed by atoms with Gasteiger partial charge in [-0.2, -0.15) is 5.10 Å². The number of carbonyl (C=O) groups is 1. The molecule has 0 aliphatic carbocycles. The number of fused-ring (bicyclic) bond motifs is 2. The van der Waals surface area contributed by atoms with Gasteiger partial charge in [-0.05, 0) is 36.8 Å². The van der Waals surface area contributed by atoms with Crippen LogP contribution in [0.4, 0.5) is 5.69 Å². The molecule has 0 bridgehead atoms. The van der Waals surface area contributed by atoms with Crippen molar-refractivity contribution < 1.29 is 9.53 Å². The fourth-order valence-electron chi connectivity index (χ4n) is 2.96. The molecular weight excluding hydrogens is 328 g/mol. The molecule has 1 aromatic carbocycles. The lowest BCUT2D eigenvalue weighted by Crippen LogP contribution is -2.31. The highest BCUT2D eigenvalue weighted by molar-refractivity contribution is 6.30. The van der Waals surface area contributed by atoms with E-state index in [1.54, 1.807) is 23.0 Å². The van der Waals surface area contributed by atoms with Crippen LogP contribution < -0.4 is 10.1 Å². The zero-order chi connectivity index (χ0) is 16.8. The Morgan fingerprint density at radius 1 is 1.42 bits per heavy atom. The Hall–Kier alpha value is -2.60. The number of halogens is 1. The van der Waals surface area contributed by atoms with Crippen LogP contribution in [0.2, 0.25) is 5.02 Å². The maximum absolute atomic E-state index is 12.5. The van der Waals surface area contributed by atoms with Crippen molar-refractivity contribution in [1.29, 1.82) is 0 Å². The minimum absolute atomic E-state index is 0.204. The van der Waals surface area contributed by atoms with Crippen molar-refractivity contribution >= 4 is 34.2 Å². The number of anilines is 1. The topological polar surface area (TPSA) is 69.0 Å². The van der Waals surface area contributed by atoms with Gasteiger partial charge in [-0.15, -0.1) is 0 Å². The third-order valence-electron chi connectivity index (χ3n) is 4.12. The zero-order valence-electron chi connectivity index (χ0n) is 13.2. The lowest BCUT2D eigenvalue weighted by molar-refractivity contribution is -0.122. The molecule has 0 spiro atoms. The smallest absolute Gasteiger partial charge is 0.265 e. The summed E-state index contributed by atoms with van der Waals surface area (Å²) < 4.78 is 7.42. The van der Waals surface area contributed by atoms with Crippen LogP contribution in [0, 0.1) is 6.92 Å². The number of aryl methyl sites for hydroxylation is 2. The first-order chi connectivity index (χ1) is 11.5. The highest BCUT2D eigenvalue weighted by Crippen LogP contribution is 2.31. The average molecular weight is 343 g/mol. The van der Waals surface area contributed by atoms with E-state index < -0.39 is 6.10 Å². The Labute approximate surface area is 143 Å². The molecule has 1 unspecified atom stereocenters. The molecule has 1 atom stereocenters. The second-order valence-electron chi connectivity index (χ2n) is 5.86. The summed E-state index contributed by atoms with van der Waals surface area (Å²) in [5.41, 5.74) is 3.22. The van der Waals surface area contributed by atoms with Crippen molar-refractivity contribution in [3.63, 3.8) is 0 Å². The molecule has 3 aromatic rings. The van der Waals surface area contributed by atoms with E-state index in [0.717, 1.165) is 22.3 Å². The summed E-state index contributed by atoms with van der Waals surface area (Å²) in [6.45, 7) is 1.91. The lowest BCUT2D eigenvalue weighted by Gasteiger charge is -2.11. The van der Waals surface area contributed by atoms with Crippen LogP contribution in [0.25, 0.3) is 11.0 Å². The molecule has 7 heteroatoms. The molecular formula is C17H15ClN4O2. The minimum Gasteiger partial charge on any atom is -0.480 e.